The van der Waals surface area contributed by atoms with Crippen LogP contribution in [0, 0.1) is 0 Å². The Morgan fingerprint density at radius 1 is 1.13 bits per heavy atom. The van der Waals surface area contributed by atoms with Crippen molar-refractivity contribution in [3.05, 3.63) is 5.28 Å². The molecule has 0 aromatic carbocycles. The SMILES string of the molecule is CCCCCNc1nc(Cl)nc(NC)n1. The van der Waals surface area contributed by atoms with Gasteiger partial charge in [-0.1, -0.05) is 19.8 Å². The van der Waals surface area contributed by atoms with Crippen LogP contribution in [-0.4, -0.2) is 28.5 Å². The van der Waals surface area contributed by atoms with Gasteiger partial charge in [0.1, 0.15) is 0 Å². The van der Waals surface area contributed by atoms with Crippen LogP contribution in [0.1, 0.15) is 26.2 Å². The molecule has 0 atom stereocenters. The van der Waals surface area contributed by atoms with Crippen molar-refractivity contribution in [3.63, 3.8) is 0 Å². The van der Waals surface area contributed by atoms with Crippen LogP contribution in [0.5, 0.6) is 0 Å². The number of aromatic nitrogens is 3. The summed E-state index contributed by atoms with van der Waals surface area (Å²) in [7, 11) is 1.74. The van der Waals surface area contributed by atoms with Crippen LogP contribution in [0.15, 0.2) is 0 Å². The van der Waals surface area contributed by atoms with E-state index in [1.807, 2.05) is 0 Å². The number of unbranched alkanes of at least 4 members (excludes halogenated alkanes) is 2. The molecule has 15 heavy (non-hydrogen) atoms. The number of anilines is 2. The van der Waals surface area contributed by atoms with Crippen LogP contribution in [-0.2, 0) is 0 Å². The zero-order valence-corrected chi connectivity index (χ0v) is 9.80. The quantitative estimate of drug-likeness (QED) is 0.732. The number of hydrogen-bond donors (Lipinski definition) is 2. The molecule has 1 aromatic rings. The summed E-state index contributed by atoms with van der Waals surface area (Å²) in [5.41, 5.74) is 0. The van der Waals surface area contributed by atoms with Crippen LogP contribution < -0.4 is 10.6 Å². The first-order chi connectivity index (χ1) is 7.26. The fraction of sp³-hybridized carbons (Fsp3) is 0.667. The van der Waals surface area contributed by atoms with E-state index in [1.165, 1.54) is 12.8 Å². The second-order valence-electron chi connectivity index (χ2n) is 3.14. The maximum Gasteiger partial charge on any atom is 0.228 e. The number of halogens is 1. The highest BCUT2D eigenvalue weighted by atomic mass is 35.5. The van der Waals surface area contributed by atoms with E-state index < -0.39 is 0 Å². The van der Waals surface area contributed by atoms with Crippen molar-refractivity contribution in [2.45, 2.75) is 26.2 Å². The topological polar surface area (TPSA) is 62.7 Å². The van der Waals surface area contributed by atoms with Gasteiger partial charge in [-0.05, 0) is 18.0 Å². The third kappa shape index (κ3) is 4.29. The molecule has 0 saturated carbocycles. The Labute approximate surface area is 94.7 Å². The molecule has 0 saturated heterocycles. The lowest BCUT2D eigenvalue weighted by Gasteiger charge is -2.05. The molecular formula is C9H16ClN5. The Morgan fingerprint density at radius 3 is 2.53 bits per heavy atom. The molecule has 0 unspecified atom stereocenters. The summed E-state index contributed by atoms with van der Waals surface area (Å²) in [6.45, 7) is 3.02. The van der Waals surface area contributed by atoms with Crippen molar-refractivity contribution >= 4 is 23.5 Å². The van der Waals surface area contributed by atoms with Crippen molar-refractivity contribution in [2.75, 3.05) is 24.2 Å². The Balaban J connectivity index is 2.49. The normalized spacial score (nSPS) is 10.1. The third-order valence-electron chi connectivity index (χ3n) is 1.90. The molecule has 1 rings (SSSR count). The standard InChI is InChI=1S/C9H16ClN5/c1-3-4-5-6-12-9-14-7(10)13-8(11-2)15-9/h3-6H2,1-2H3,(H2,11,12,13,14,15). The molecule has 1 aromatic heterocycles. The van der Waals surface area contributed by atoms with E-state index in [9.17, 15) is 0 Å². The van der Waals surface area contributed by atoms with E-state index >= 15 is 0 Å². The molecule has 0 aliphatic carbocycles. The van der Waals surface area contributed by atoms with Crippen molar-refractivity contribution < 1.29 is 0 Å². The van der Waals surface area contributed by atoms with E-state index in [4.69, 9.17) is 11.6 Å². The summed E-state index contributed by atoms with van der Waals surface area (Å²) in [6, 6.07) is 0. The number of hydrogen-bond acceptors (Lipinski definition) is 5. The molecule has 0 aliphatic rings. The van der Waals surface area contributed by atoms with Crippen LogP contribution in [0.25, 0.3) is 0 Å². The van der Waals surface area contributed by atoms with Crippen molar-refractivity contribution in [2.24, 2.45) is 0 Å². The van der Waals surface area contributed by atoms with Gasteiger partial charge in [0.2, 0.25) is 17.2 Å². The third-order valence-corrected chi connectivity index (χ3v) is 2.06. The molecule has 0 amide bonds. The van der Waals surface area contributed by atoms with E-state index in [0.717, 1.165) is 13.0 Å². The average molecular weight is 230 g/mol. The minimum atomic E-state index is 0.201. The van der Waals surface area contributed by atoms with Gasteiger partial charge >= 0.3 is 0 Å². The first-order valence-electron chi connectivity index (χ1n) is 5.09. The highest BCUT2D eigenvalue weighted by Crippen LogP contribution is 2.08. The molecule has 2 N–H and O–H groups in total. The predicted molar refractivity (Wildman–Crippen MR) is 62.4 cm³/mol. The highest BCUT2D eigenvalue weighted by Gasteiger charge is 2.02. The first-order valence-corrected chi connectivity index (χ1v) is 5.47. The minimum Gasteiger partial charge on any atom is -0.357 e. The van der Waals surface area contributed by atoms with Crippen molar-refractivity contribution in [1.82, 2.24) is 15.0 Å². The van der Waals surface area contributed by atoms with E-state index in [1.54, 1.807) is 7.05 Å². The molecule has 1 heterocycles. The van der Waals surface area contributed by atoms with Crippen LogP contribution in [0.2, 0.25) is 5.28 Å². The Morgan fingerprint density at radius 2 is 1.87 bits per heavy atom. The Bertz CT molecular complexity index is 305. The van der Waals surface area contributed by atoms with Crippen LogP contribution in [0.3, 0.4) is 0 Å². The molecule has 0 aliphatic heterocycles. The van der Waals surface area contributed by atoms with Gasteiger partial charge in [0.05, 0.1) is 0 Å². The first kappa shape index (κ1) is 12.0. The average Bonchev–Trinajstić information content (AvgIpc) is 2.23. The van der Waals surface area contributed by atoms with Gasteiger partial charge in [0.15, 0.2) is 0 Å². The Kier molecular flexibility index (Phi) is 5.10. The summed E-state index contributed by atoms with van der Waals surface area (Å²) in [6.07, 6.45) is 3.50. The molecule has 0 fully saturated rings. The lowest BCUT2D eigenvalue weighted by molar-refractivity contribution is 0.740. The largest absolute Gasteiger partial charge is 0.357 e. The van der Waals surface area contributed by atoms with Gasteiger partial charge in [-0.15, -0.1) is 0 Å². The number of nitrogens with one attached hydrogen (secondary N) is 2. The summed E-state index contributed by atoms with van der Waals surface area (Å²) in [5, 5.41) is 6.13. The van der Waals surface area contributed by atoms with E-state index in [0.29, 0.717) is 11.9 Å². The summed E-state index contributed by atoms with van der Waals surface area (Å²) >= 11 is 5.73. The zero-order chi connectivity index (χ0) is 11.1. The minimum absolute atomic E-state index is 0.201. The van der Waals surface area contributed by atoms with Crippen molar-refractivity contribution in [1.29, 1.82) is 0 Å². The smallest absolute Gasteiger partial charge is 0.228 e. The molecule has 0 spiro atoms. The number of nitrogens with zero attached hydrogens (tertiary/aromatic N) is 3. The fourth-order valence-corrected chi connectivity index (χ4v) is 1.28. The second-order valence-corrected chi connectivity index (χ2v) is 3.47. The van der Waals surface area contributed by atoms with Gasteiger partial charge in [0.25, 0.3) is 0 Å². The maximum absolute atomic E-state index is 5.73. The van der Waals surface area contributed by atoms with E-state index in [-0.39, 0.29) is 5.28 Å². The maximum atomic E-state index is 5.73. The lowest BCUT2D eigenvalue weighted by atomic mass is 10.2. The monoisotopic (exact) mass is 229 g/mol. The van der Waals surface area contributed by atoms with Gasteiger partial charge in [-0.3, -0.25) is 0 Å². The fourth-order valence-electron chi connectivity index (χ4n) is 1.12. The summed E-state index contributed by atoms with van der Waals surface area (Å²) < 4.78 is 0. The van der Waals surface area contributed by atoms with Crippen molar-refractivity contribution in [3.8, 4) is 0 Å². The zero-order valence-electron chi connectivity index (χ0n) is 9.05. The molecule has 0 radical (unpaired) electrons. The Hall–Kier alpha value is -1.10. The molecular weight excluding hydrogens is 214 g/mol. The van der Waals surface area contributed by atoms with Crippen LogP contribution >= 0.6 is 11.6 Å². The predicted octanol–water partition coefficient (Wildman–Crippen LogP) is 2.17. The lowest BCUT2D eigenvalue weighted by Crippen LogP contribution is -2.08. The summed E-state index contributed by atoms with van der Waals surface area (Å²) in [5.74, 6) is 1.00. The molecule has 6 heteroatoms. The van der Waals surface area contributed by atoms with Crippen LogP contribution in [0.4, 0.5) is 11.9 Å². The van der Waals surface area contributed by atoms with Gasteiger partial charge < -0.3 is 10.6 Å². The van der Waals surface area contributed by atoms with Gasteiger partial charge in [0, 0.05) is 13.6 Å². The van der Waals surface area contributed by atoms with E-state index in [2.05, 4.69) is 32.5 Å². The van der Waals surface area contributed by atoms with Gasteiger partial charge in [-0.25, -0.2) is 0 Å². The highest BCUT2D eigenvalue weighted by molar-refractivity contribution is 6.28. The second kappa shape index (κ2) is 6.40. The number of rotatable bonds is 6. The molecule has 5 nitrogen and oxygen atoms in total. The molecule has 0 bridgehead atoms. The summed E-state index contributed by atoms with van der Waals surface area (Å²) in [4.78, 5) is 12.0. The van der Waals surface area contributed by atoms with Gasteiger partial charge in [-0.2, -0.15) is 15.0 Å². The molecule has 84 valence electrons.